The molecule has 2 nitrogen and oxygen atoms in total. The fourth-order valence-corrected chi connectivity index (χ4v) is 3.35. The quantitative estimate of drug-likeness (QED) is 0.813. The van der Waals surface area contributed by atoms with E-state index in [2.05, 4.69) is 58.7 Å². The molecule has 2 heteroatoms. The predicted octanol–water partition coefficient (Wildman–Crippen LogP) is 3.91. The van der Waals surface area contributed by atoms with Crippen LogP contribution in [0.3, 0.4) is 0 Å². The second-order valence-corrected chi connectivity index (χ2v) is 7.69. The molecule has 3 unspecified atom stereocenters. The Morgan fingerprint density at radius 3 is 2.26 bits per heavy atom. The Morgan fingerprint density at radius 1 is 1.21 bits per heavy atom. The predicted molar refractivity (Wildman–Crippen MR) is 85.6 cm³/mol. The highest BCUT2D eigenvalue weighted by Gasteiger charge is 2.37. The molecule has 1 fully saturated rings. The van der Waals surface area contributed by atoms with E-state index in [1.54, 1.807) is 0 Å². The van der Waals surface area contributed by atoms with Gasteiger partial charge in [-0.25, -0.2) is 0 Å². The van der Waals surface area contributed by atoms with Crippen LogP contribution in [0.2, 0.25) is 0 Å². The Balaban J connectivity index is 2.83. The SMILES string of the molecule is CCCC(CC)N1CC(C(C)(C)C)NCC1C(C)C. The average molecular weight is 268 g/mol. The summed E-state index contributed by atoms with van der Waals surface area (Å²) in [6, 6.07) is 2.09. The number of nitrogens with one attached hydrogen (secondary N) is 1. The summed E-state index contributed by atoms with van der Waals surface area (Å²) >= 11 is 0. The maximum absolute atomic E-state index is 3.80. The van der Waals surface area contributed by atoms with Crippen LogP contribution in [0.4, 0.5) is 0 Å². The number of nitrogens with zero attached hydrogens (tertiary/aromatic N) is 1. The molecule has 1 aliphatic heterocycles. The number of piperazine rings is 1. The van der Waals surface area contributed by atoms with Crippen LogP contribution in [0.5, 0.6) is 0 Å². The molecule has 1 aliphatic rings. The third kappa shape index (κ3) is 4.46. The summed E-state index contributed by atoms with van der Waals surface area (Å²) in [7, 11) is 0. The molecule has 0 amide bonds. The Labute approximate surface area is 121 Å². The van der Waals surface area contributed by atoms with E-state index in [9.17, 15) is 0 Å². The van der Waals surface area contributed by atoms with Crippen molar-refractivity contribution >= 4 is 0 Å². The summed E-state index contributed by atoms with van der Waals surface area (Å²) in [5, 5.41) is 3.80. The lowest BCUT2D eigenvalue weighted by Crippen LogP contribution is -2.63. The summed E-state index contributed by atoms with van der Waals surface area (Å²) in [6.07, 6.45) is 3.93. The van der Waals surface area contributed by atoms with Crippen molar-refractivity contribution in [2.75, 3.05) is 13.1 Å². The van der Waals surface area contributed by atoms with E-state index in [0.717, 1.165) is 18.5 Å². The van der Waals surface area contributed by atoms with Gasteiger partial charge in [-0.3, -0.25) is 4.90 Å². The minimum atomic E-state index is 0.352. The zero-order chi connectivity index (χ0) is 14.6. The molecule has 114 valence electrons. The Morgan fingerprint density at radius 2 is 1.84 bits per heavy atom. The van der Waals surface area contributed by atoms with Gasteiger partial charge in [-0.2, -0.15) is 0 Å². The van der Waals surface area contributed by atoms with E-state index in [1.807, 2.05) is 0 Å². The molecule has 0 bridgehead atoms. The fourth-order valence-electron chi connectivity index (χ4n) is 3.35. The molecule has 0 aliphatic carbocycles. The third-order valence-corrected chi connectivity index (χ3v) is 4.77. The Hall–Kier alpha value is -0.0800. The van der Waals surface area contributed by atoms with Crippen LogP contribution in [0.1, 0.15) is 67.7 Å². The van der Waals surface area contributed by atoms with E-state index in [4.69, 9.17) is 0 Å². The van der Waals surface area contributed by atoms with E-state index in [-0.39, 0.29) is 0 Å². The monoisotopic (exact) mass is 268 g/mol. The maximum atomic E-state index is 3.80. The minimum absolute atomic E-state index is 0.352. The molecule has 3 atom stereocenters. The lowest BCUT2D eigenvalue weighted by atomic mass is 9.82. The molecule has 0 radical (unpaired) electrons. The van der Waals surface area contributed by atoms with Crippen molar-refractivity contribution in [3.05, 3.63) is 0 Å². The van der Waals surface area contributed by atoms with E-state index >= 15 is 0 Å². The van der Waals surface area contributed by atoms with Crippen LogP contribution in [-0.2, 0) is 0 Å². The first-order valence-corrected chi connectivity index (χ1v) is 8.30. The number of hydrogen-bond acceptors (Lipinski definition) is 2. The summed E-state index contributed by atoms with van der Waals surface area (Å²) in [5.41, 5.74) is 0.352. The third-order valence-electron chi connectivity index (χ3n) is 4.77. The average Bonchev–Trinajstić information content (AvgIpc) is 2.34. The largest absolute Gasteiger partial charge is 0.311 e. The van der Waals surface area contributed by atoms with Crippen molar-refractivity contribution in [2.45, 2.75) is 85.9 Å². The van der Waals surface area contributed by atoms with Crippen molar-refractivity contribution in [1.29, 1.82) is 0 Å². The highest BCUT2D eigenvalue weighted by Crippen LogP contribution is 2.28. The standard InChI is InChI=1S/C17H36N2/c1-8-10-14(9-2)19-12-16(17(5,6)7)18-11-15(19)13(3)4/h13-16,18H,8-12H2,1-7H3. The molecule has 0 aromatic carbocycles. The minimum Gasteiger partial charge on any atom is -0.311 e. The van der Waals surface area contributed by atoms with Gasteiger partial charge >= 0.3 is 0 Å². The van der Waals surface area contributed by atoms with Crippen LogP contribution in [-0.4, -0.2) is 36.1 Å². The van der Waals surface area contributed by atoms with Gasteiger partial charge in [-0.15, -0.1) is 0 Å². The van der Waals surface area contributed by atoms with Crippen molar-refractivity contribution in [3.63, 3.8) is 0 Å². The molecule has 1 saturated heterocycles. The molecule has 0 aromatic rings. The zero-order valence-electron chi connectivity index (χ0n) is 14.3. The van der Waals surface area contributed by atoms with Crippen LogP contribution in [0.15, 0.2) is 0 Å². The van der Waals surface area contributed by atoms with E-state index in [1.165, 1.54) is 25.8 Å². The molecule has 19 heavy (non-hydrogen) atoms. The Bertz CT molecular complexity index is 254. The van der Waals surface area contributed by atoms with Crippen molar-refractivity contribution in [3.8, 4) is 0 Å². The van der Waals surface area contributed by atoms with Gasteiger partial charge in [-0.1, -0.05) is 54.9 Å². The van der Waals surface area contributed by atoms with Gasteiger partial charge < -0.3 is 5.32 Å². The van der Waals surface area contributed by atoms with E-state index < -0.39 is 0 Å². The molecule has 1 heterocycles. The Kier molecular flexibility index (Phi) is 6.32. The van der Waals surface area contributed by atoms with Gasteiger partial charge in [0.2, 0.25) is 0 Å². The highest BCUT2D eigenvalue weighted by atomic mass is 15.3. The molecule has 0 spiro atoms. The van der Waals surface area contributed by atoms with Crippen LogP contribution < -0.4 is 5.32 Å². The van der Waals surface area contributed by atoms with Crippen LogP contribution >= 0.6 is 0 Å². The zero-order valence-corrected chi connectivity index (χ0v) is 14.3. The summed E-state index contributed by atoms with van der Waals surface area (Å²) in [6.45, 7) is 18.9. The molecule has 0 aromatic heterocycles. The first-order valence-electron chi connectivity index (χ1n) is 8.30. The fraction of sp³-hybridized carbons (Fsp3) is 1.00. The van der Waals surface area contributed by atoms with Crippen molar-refractivity contribution < 1.29 is 0 Å². The molecular formula is C17H36N2. The molecule has 1 rings (SSSR count). The number of rotatable bonds is 5. The van der Waals surface area contributed by atoms with E-state index in [0.29, 0.717) is 17.5 Å². The van der Waals surface area contributed by atoms with Gasteiger partial charge in [0.05, 0.1) is 0 Å². The van der Waals surface area contributed by atoms with Gasteiger partial charge in [0.25, 0.3) is 0 Å². The smallest absolute Gasteiger partial charge is 0.0247 e. The summed E-state index contributed by atoms with van der Waals surface area (Å²) in [5.74, 6) is 0.735. The molecular weight excluding hydrogens is 232 g/mol. The van der Waals surface area contributed by atoms with Gasteiger partial charge in [-0.05, 0) is 24.2 Å². The molecule has 1 N–H and O–H groups in total. The van der Waals surface area contributed by atoms with Crippen LogP contribution in [0.25, 0.3) is 0 Å². The highest BCUT2D eigenvalue weighted by molar-refractivity contribution is 4.95. The first kappa shape index (κ1) is 17.0. The van der Waals surface area contributed by atoms with Crippen LogP contribution in [0, 0.1) is 11.3 Å². The van der Waals surface area contributed by atoms with Crippen molar-refractivity contribution in [2.24, 2.45) is 11.3 Å². The van der Waals surface area contributed by atoms with Gasteiger partial charge in [0.15, 0.2) is 0 Å². The van der Waals surface area contributed by atoms with Gasteiger partial charge in [0, 0.05) is 31.2 Å². The van der Waals surface area contributed by atoms with Gasteiger partial charge in [0.1, 0.15) is 0 Å². The second kappa shape index (κ2) is 7.08. The summed E-state index contributed by atoms with van der Waals surface area (Å²) < 4.78 is 0. The van der Waals surface area contributed by atoms with Crippen molar-refractivity contribution in [1.82, 2.24) is 10.2 Å². The second-order valence-electron chi connectivity index (χ2n) is 7.69. The normalized spacial score (nSPS) is 27.8. The lowest BCUT2D eigenvalue weighted by Gasteiger charge is -2.49. The number of hydrogen-bond donors (Lipinski definition) is 1. The maximum Gasteiger partial charge on any atom is 0.0247 e. The topological polar surface area (TPSA) is 15.3 Å². The lowest BCUT2D eigenvalue weighted by molar-refractivity contribution is 0.0244. The summed E-state index contributed by atoms with van der Waals surface area (Å²) in [4.78, 5) is 2.82. The molecule has 0 saturated carbocycles. The first-order chi connectivity index (χ1) is 8.81.